The quantitative estimate of drug-likeness (QED) is 0.277. The summed E-state index contributed by atoms with van der Waals surface area (Å²) < 4.78 is 11.9. The fourth-order valence-corrected chi connectivity index (χ4v) is 4.44. The van der Waals surface area contributed by atoms with Crippen LogP contribution in [0.25, 0.3) is 22.6 Å². The Balaban J connectivity index is 1.79. The van der Waals surface area contributed by atoms with Crippen LogP contribution in [0.3, 0.4) is 0 Å². The molecule has 0 aliphatic rings. The Morgan fingerprint density at radius 2 is 1.23 bits per heavy atom. The molecule has 0 unspecified atom stereocenters. The van der Waals surface area contributed by atoms with Crippen molar-refractivity contribution in [1.82, 2.24) is 0 Å². The summed E-state index contributed by atoms with van der Waals surface area (Å²) in [6, 6.07) is 29.5. The summed E-state index contributed by atoms with van der Waals surface area (Å²) in [4.78, 5) is 2.19. The lowest BCUT2D eigenvalue weighted by atomic mass is 10.1. The van der Waals surface area contributed by atoms with Crippen molar-refractivity contribution in [3.63, 3.8) is 0 Å². The van der Waals surface area contributed by atoms with Crippen molar-refractivity contribution in [3.05, 3.63) is 96.1 Å². The van der Waals surface area contributed by atoms with Gasteiger partial charge in [0.25, 0.3) is 0 Å². The number of hydrogen-bond donors (Lipinski definition) is 0. The van der Waals surface area contributed by atoms with Crippen LogP contribution in [0.15, 0.2) is 99.1 Å². The van der Waals surface area contributed by atoms with E-state index in [4.69, 9.17) is 9.15 Å². The summed E-state index contributed by atoms with van der Waals surface area (Å²) in [5.41, 5.74) is 4.79. The third-order valence-electron chi connectivity index (χ3n) is 5.36. The molecule has 0 aliphatic carbocycles. The second-order valence-electron chi connectivity index (χ2n) is 7.38. The molecule has 3 aromatic carbocycles. The number of hydrogen-bond acceptors (Lipinski definition) is 2. The number of methoxy groups -OCH3 is 1. The van der Waals surface area contributed by atoms with Gasteiger partial charge in [0.1, 0.15) is 5.75 Å². The predicted octanol–water partition coefficient (Wildman–Crippen LogP) is 8.18. The van der Waals surface area contributed by atoms with E-state index in [-0.39, 0.29) is 0 Å². The molecule has 0 saturated heterocycles. The van der Waals surface area contributed by atoms with Gasteiger partial charge in [0, 0.05) is 4.90 Å². The number of benzene rings is 3. The van der Waals surface area contributed by atoms with Crippen molar-refractivity contribution in [2.75, 3.05) is 7.11 Å². The molecule has 0 spiro atoms. The SMILES string of the molecule is CCc1ccc(-c2cc(Sc3ccccc3OC)cc(-c3ccc(CC)cc3)[o+]2)cc1. The van der Waals surface area contributed by atoms with Crippen LogP contribution in [0.1, 0.15) is 25.0 Å². The van der Waals surface area contributed by atoms with Crippen LogP contribution in [0, 0.1) is 0 Å². The molecule has 156 valence electrons. The molecule has 1 aromatic heterocycles. The van der Waals surface area contributed by atoms with E-state index in [0.717, 1.165) is 51.0 Å². The molecule has 4 aromatic rings. The highest BCUT2D eigenvalue weighted by Gasteiger charge is 2.21. The van der Waals surface area contributed by atoms with Crippen molar-refractivity contribution in [1.29, 1.82) is 0 Å². The van der Waals surface area contributed by atoms with Crippen molar-refractivity contribution in [3.8, 4) is 28.4 Å². The Bertz CT molecular complexity index is 1080. The lowest BCUT2D eigenvalue weighted by Gasteiger charge is -2.07. The van der Waals surface area contributed by atoms with E-state index in [1.165, 1.54) is 11.1 Å². The van der Waals surface area contributed by atoms with E-state index in [1.807, 2.05) is 18.2 Å². The Labute approximate surface area is 188 Å². The highest BCUT2D eigenvalue weighted by atomic mass is 32.2. The zero-order valence-electron chi connectivity index (χ0n) is 18.2. The van der Waals surface area contributed by atoms with Crippen LogP contribution in [-0.2, 0) is 12.8 Å². The fourth-order valence-electron chi connectivity index (χ4n) is 3.46. The molecule has 1 heterocycles. The van der Waals surface area contributed by atoms with Gasteiger partial charge in [0.15, 0.2) is 0 Å². The van der Waals surface area contributed by atoms with Crippen LogP contribution in [0.2, 0.25) is 0 Å². The molecule has 0 radical (unpaired) electrons. The average molecular weight is 428 g/mol. The van der Waals surface area contributed by atoms with Gasteiger partial charge in [0.05, 0.1) is 35.3 Å². The van der Waals surface area contributed by atoms with Crippen molar-refractivity contribution in [2.24, 2.45) is 0 Å². The van der Waals surface area contributed by atoms with Crippen LogP contribution in [0.4, 0.5) is 0 Å². The molecule has 2 nitrogen and oxygen atoms in total. The zero-order valence-corrected chi connectivity index (χ0v) is 19.0. The Morgan fingerprint density at radius 3 is 1.71 bits per heavy atom. The molecule has 0 amide bonds. The number of ether oxygens (including phenoxy) is 1. The van der Waals surface area contributed by atoms with Gasteiger partial charge in [-0.1, -0.05) is 62.0 Å². The monoisotopic (exact) mass is 427 g/mol. The normalized spacial score (nSPS) is 10.8. The topological polar surface area (TPSA) is 20.5 Å². The molecule has 0 N–H and O–H groups in total. The smallest absolute Gasteiger partial charge is 0.361 e. The molecular weight excluding hydrogens is 400 g/mol. The summed E-state index contributed by atoms with van der Waals surface area (Å²) in [5, 5.41) is 0. The summed E-state index contributed by atoms with van der Waals surface area (Å²) in [5.74, 6) is 2.59. The molecule has 31 heavy (non-hydrogen) atoms. The molecule has 0 atom stereocenters. The minimum atomic E-state index is 0.858. The van der Waals surface area contributed by atoms with Gasteiger partial charge < -0.3 is 4.74 Å². The predicted molar refractivity (Wildman–Crippen MR) is 130 cm³/mol. The summed E-state index contributed by atoms with van der Waals surface area (Å²) in [6.07, 6.45) is 2.05. The van der Waals surface area contributed by atoms with Gasteiger partial charge in [-0.2, -0.15) is 0 Å². The minimum absolute atomic E-state index is 0.858. The molecular formula is C28H27O2S+. The van der Waals surface area contributed by atoms with E-state index in [2.05, 4.69) is 80.6 Å². The first-order valence-electron chi connectivity index (χ1n) is 10.7. The molecule has 0 aliphatic heterocycles. The Morgan fingerprint density at radius 1 is 0.710 bits per heavy atom. The van der Waals surface area contributed by atoms with Gasteiger partial charge in [-0.05, 0) is 60.4 Å². The van der Waals surface area contributed by atoms with E-state index >= 15 is 0 Å². The van der Waals surface area contributed by atoms with Crippen molar-refractivity contribution >= 4 is 11.8 Å². The van der Waals surface area contributed by atoms with Crippen LogP contribution in [-0.4, -0.2) is 7.11 Å². The van der Waals surface area contributed by atoms with Crippen LogP contribution < -0.4 is 4.74 Å². The molecule has 0 saturated carbocycles. The van der Waals surface area contributed by atoms with E-state index < -0.39 is 0 Å². The van der Waals surface area contributed by atoms with Gasteiger partial charge in [-0.25, -0.2) is 4.42 Å². The molecule has 0 fully saturated rings. The van der Waals surface area contributed by atoms with Gasteiger partial charge in [-0.15, -0.1) is 0 Å². The molecule has 3 heteroatoms. The maximum Gasteiger partial charge on any atom is 0.361 e. The number of para-hydroxylation sites is 1. The second kappa shape index (κ2) is 9.84. The first kappa shape index (κ1) is 21.2. The molecule has 4 rings (SSSR count). The van der Waals surface area contributed by atoms with E-state index in [9.17, 15) is 0 Å². The number of rotatable bonds is 7. The van der Waals surface area contributed by atoms with E-state index in [1.54, 1.807) is 18.9 Å². The van der Waals surface area contributed by atoms with Crippen molar-refractivity contribution in [2.45, 2.75) is 36.5 Å². The Kier molecular flexibility index (Phi) is 6.73. The highest BCUT2D eigenvalue weighted by molar-refractivity contribution is 7.99. The Hall–Kier alpha value is -3.04. The third-order valence-corrected chi connectivity index (χ3v) is 6.39. The zero-order chi connectivity index (χ0) is 21.6. The second-order valence-corrected chi connectivity index (χ2v) is 8.49. The summed E-state index contributed by atoms with van der Waals surface area (Å²) in [6.45, 7) is 4.34. The van der Waals surface area contributed by atoms with Crippen molar-refractivity contribution < 1.29 is 9.15 Å². The van der Waals surface area contributed by atoms with Gasteiger partial charge in [0.2, 0.25) is 0 Å². The van der Waals surface area contributed by atoms with Gasteiger partial charge >= 0.3 is 11.5 Å². The lowest BCUT2D eigenvalue weighted by Crippen LogP contribution is -1.88. The maximum absolute atomic E-state index is 6.39. The fraction of sp³-hybridized carbons (Fsp3) is 0.179. The largest absolute Gasteiger partial charge is 0.496 e. The summed E-state index contributed by atoms with van der Waals surface area (Å²) in [7, 11) is 1.71. The maximum atomic E-state index is 6.39. The standard InChI is InChI=1S/C28H27O2S/c1-4-20-10-14-22(15-11-20)26-18-24(31-28-9-7-6-8-25(28)29-3)19-27(30-26)23-16-12-21(5-2)13-17-23/h6-19H,4-5H2,1-3H3/q+1. The van der Waals surface area contributed by atoms with Crippen LogP contribution in [0.5, 0.6) is 5.75 Å². The highest BCUT2D eigenvalue weighted by Crippen LogP contribution is 2.39. The van der Waals surface area contributed by atoms with E-state index in [0.29, 0.717) is 0 Å². The first-order chi connectivity index (χ1) is 15.2. The summed E-state index contributed by atoms with van der Waals surface area (Å²) >= 11 is 1.69. The first-order valence-corrected chi connectivity index (χ1v) is 11.5. The third kappa shape index (κ3) is 5.00. The average Bonchev–Trinajstić information content (AvgIpc) is 2.84. The number of aryl methyl sites for hydroxylation is 2. The van der Waals surface area contributed by atoms with Crippen LogP contribution >= 0.6 is 11.8 Å². The lowest BCUT2D eigenvalue weighted by molar-refractivity contribution is 0.405. The van der Waals surface area contributed by atoms with Gasteiger partial charge in [-0.3, -0.25) is 0 Å². The minimum Gasteiger partial charge on any atom is -0.496 e. The molecule has 0 bridgehead atoms.